The number of nitrogens with one attached hydrogen (secondary N) is 2. The van der Waals surface area contributed by atoms with Gasteiger partial charge in [0.15, 0.2) is 5.11 Å². The van der Waals surface area contributed by atoms with Gasteiger partial charge in [0, 0.05) is 15.9 Å². The second-order valence-electron chi connectivity index (χ2n) is 3.27. The van der Waals surface area contributed by atoms with Gasteiger partial charge in [-0.25, -0.2) is 0 Å². The Balaban J connectivity index is 2.45. The molecule has 1 aromatic carbocycles. The molecule has 0 aliphatic heterocycles. The third kappa shape index (κ3) is 5.65. The maximum atomic E-state index is 11.4. The lowest BCUT2D eigenvalue weighted by Crippen LogP contribution is -2.34. The molecule has 0 spiro atoms. The van der Waals surface area contributed by atoms with Gasteiger partial charge >= 0.3 is 0 Å². The number of alkyl halides is 1. The minimum atomic E-state index is -0.117. The fraction of sp³-hybridized carbons (Fsp3) is 0.273. The molecule has 17 heavy (non-hydrogen) atoms. The Hall–Kier alpha value is -0.400. The molecule has 0 bridgehead atoms. The van der Waals surface area contributed by atoms with Crippen LogP contribution in [0.25, 0.3) is 0 Å². The maximum Gasteiger partial charge on any atom is 0.226 e. The van der Waals surface area contributed by atoms with Crippen molar-refractivity contribution in [2.75, 3.05) is 11.2 Å². The van der Waals surface area contributed by atoms with E-state index in [0.29, 0.717) is 23.8 Å². The van der Waals surface area contributed by atoms with Gasteiger partial charge in [-0.2, -0.15) is 0 Å². The lowest BCUT2D eigenvalue weighted by atomic mass is 10.3. The lowest BCUT2D eigenvalue weighted by molar-refractivity contribution is -0.119. The number of hydrogen-bond acceptors (Lipinski definition) is 2. The van der Waals surface area contributed by atoms with Gasteiger partial charge in [0.25, 0.3) is 0 Å². The Morgan fingerprint density at radius 1 is 1.41 bits per heavy atom. The summed E-state index contributed by atoms with van der Waals surface area (Å²) in [5.41, 5.74) is 0.885. The molecular formula is C11H12ClIN2OS. The fourth-order valence-corrected chi connectivity index (χ4v) is 2.01. The molecule has 0 fully saturated rings. The highest BCUT2D eigenvalue weighted by Crippen LogP contribution is 2.16. The third-order valence-electron chi connectivity index (χ3n) is 1.91. The van der Waals surface area contributed by atoms with E-state index in [9.17, 15) is 4.79 Å². The van der Waals surface area contributed by atoms with Crippen molar-refractivity contribution in [3.63, 3.8) is 0 Å². The smallest absolute Gasteiger partial charge is 0.226 e. The predicted molar refractivity (Wildman–Crippen MR) is 83.5 cm³/mol. The van der Waals surface area contributed by atoms with E-state index in [0.717, 1.165) is 9.26 Å². The maximum absolute atomic E-state index is 11.4. The first-order chi connectivity index (χ1) is 8.13. The monoisotopic (exact) mass is 382 g/mol. The number of carbonyl (C=O) groups excluding carboxylic acids is 1. The first-order valence-corrected chi connectivity index (χ1v) is 7.07. The average Bonchev–Trinajstić information content (AvgIpc) is 2.29. The van der Waals surface area contributed by atoms with Crippen molar-refractivity contribution < 1.29 is 4.79 Å². The molecule has 1 rings (SSSR count). The van der Waals surface area contributed by atoms with Crippen LogP contribution < -0.4 is 10.6 Å². The summed E-state index contributed by atoms with van der Waals surface area (Å²) in [6.45, 7) is 0. The van der Waals surface area contributed by atoms with E-state index < -0.39 is 0 Å². The van der Waals surface area contributed by atoms with Gasteiger partial charge in [-0.15, -0.1) is 11.6 Å². The number of anilines is 1. The van der Waals surface area contributed by atoms with E-state index in [1.807, 2.05) is 24.3 Å². The molecule has 0 saturated carbocycles. The number of amides is 1. The van der Waals surface area contributed by atoms with Gasteiger partial charge in [0.1, 0.15) is 0 Å². The summed E-state index contributed by atoms with van der Waals surface area (Å²) in [5, 5.41) is 5.90. The van der Waals surface area contributed by atoms with Crippen LogP contribution in [0.2, 0.25) is 0 Å². The summed E-state index contributed by atoms with van der Waals surface area (Å²) in [5.74, 6) is 0.360. The number of hydrogen-bond donors (Lipinski definition) is 2. The Morgan fingerprint density at radius 3 is 2.76 bits per heavy atom. The van der Waals surface area contributed by atoms with Gasteiger partial charge in [-0.1, -0.05) is 12.1 Å². The molecule has 1 amide bonds. The lowest BCUT2D eigenvalue weighted by Gasteiger charge is -2.10. The summed E-state index contributed by atoms with van der Waals surface area (Å²) in [6.07, 6.45) is 1.04. The van der Waals surface area contributed by atoms with E-state index in [2.05, 4.69) is 33.2 Å². The van der Waals surface area contributed by atoms with Gasteiger partial charge in [0.2, 0.25) is 5.91 Å². The quantitative estimate of drug-likeness (QED) is 0.478. The topological polar surface area (TPSA) is 41.1 Å². The molecule has 0 aromatic heterocycles. The van der Waals surface area contributed by atoms with Gasteiger partial charge in [0.05, 0.1) is 5.69 Å². The standard InChI is InChI=1S/C11H12ClIN2OS/c12-7-3-6-10(16)15-11(17)14-9-5-2-1-4-8(9)13/h1-2,4-5H,3,6-7H2,(H2,14,15,16,17). The van der Waals surface area contributed by atoms with Crippen LogP contribution in [0, 0.1) is 3.57 Å². The minimum absolute atomic E-state index is 0.117. The summed E-state index contributed by atoms with van der Waals surface area (Å²) in [6, 6.07) is 7.71. The van der Waals surface area contributed by atoms with E-state index in [4.69, 9.17) is 23.8 Å². The van der Waals surface area contributed by atoms with Gasteiger partial charge < -0.3 is 10.6 Å². The molecule has 0 aliphatic carbocycles. The molecule has 0 radical (unpaired) electrons. The Morgan fingerprint density at radius 2 is 2.12 bits per heavy atom. The Kier molecular flexibility index (Phi) is 6.76. The van der Waals surface area contributed by atoms with Crippen molar-refractivity contribution >= 4 is 63.1 Å². The zero-order valence-corrected chi connectivity index (χ0v) is 12.7. The zero-order chi connectivity index (χ0) is 12.7. The molecule has 92 valence electrons. The molecule has 2 N–H and O–H groups in total. The summed E-state index contributed by atoms with van der Waals surface area (Å²) < 4.78 is 1.04. The molecule has 0 unspecified atom stereocenters. The molecule has 0 saturated heterocycles. The van der Waals surface area contributed by atoms with E-state index in [-0.39, 0.29) is 5.91 Å². The highest BCUT2D eigenvalue weighted by atomic mass is 127. The molecule has 0 aliphatic rings. The first kappa shape index (κ1) is 14.7. The van der Waals surface area contributed by atoms with Crippen LogP contribution in [-0.2, 0) is 4.79 Å². The molecular weight excluding hydrogens is 371 g/mol. The fourth-order valence-electron chi connectivity index (χ4n) is 1.13. The second kappa shape index (κ2) is 7.84. The number of para-hydroxylation sites is 1. The summed E-state index contributed by atoms with van der Waals surface area (Å²) in [4.78, 5) is 11.4. The number of carbonyl (C=O) groups is 1. The molecule has 6 heteroatoms. The minimum Gasteiger partial charge on any atom is -0.332 e. The van der Waals surface area contributed by atoms with Crippen molar-refractivity contribution in [1.29, 1.82) is 0 Å². The van der Waals surface area contributed by atoms with Crippen LogP contribution in [-0.4, -0.2) is 16.9 Å². The number of thiocarbonyl (C=S) groups is 1. The predicted octanol–water partition coefficient (Wildman–Crippen LogP) is 3.12. The van der Waals surface area contributed by atoms with Crippen molar-refractivity contribution in [2.45, 2.75) is 12.8 Å². The van der Waals surface area contributed by atoms with Crippen LogP contribution in [0.1, 0.15) is 12.8 Å². The van der Waals surface area contributed by atoms with Gasteiger partial charge in [-0.3, -0.25) is 4.79 Å². The highest BCUT2D eigenvalue weighted by Gasteiger charge is 2.05. The van der Waals surface area contributed by atoms with Crippen LogP contribution in [0.5, 0.6) is 0 Å². The van der Waals surface area contributed by atoms with Gasteiger partial charge in [-0.05, 0) is 53.4 Å². The average molecular weight is 383 g/mol. The Labute approximate surface area is 124 Å². The van der Waals surface area contributed by atoms with Crippen LogP contribution in [0.15, 0.2) is 24.3 Å². The van der Waals surface area contributed by atoms with Crippen molar-refractivity contribution in [1.82, 2.24) is 5.32 Å². The zero-order valence-electron chi connectivity index (χ0n) is 9.00. The molecule has 0 heterocycles. The van der Waals surface area contributed by atoms with Crippen molar-refractivity contribution in [3.8, 4) is 0 Å². The largest absolute Gasteiger partial charge is 0.332 e. The summed E-state index contributed by atoms with van der Waals surface area (Å²) in [7, 11) is 0. The summed E-state index contributed by atoms with van der Waals surface area (Å²) >= 11 is 12.7. The van der Waals surface area contributed by atoms with Crippen LogP contribution in [0.3, 0.4) is 0 Å². The normalized spacial score (nSPS) is 9.76. The van der Waals surface area contributed by atoms with E-state index >= 15 is 0 Å². The molecule has 3 nitrogen and oxygen atoms in total. The van der Waals surface area contributed by atoms with Crippen LogP contribution in [0.4, 0.5) is 5.69 Å². The second-order valence-corrected chi connectivity index (χ2v) is 5.22. The van der Waals surface area contributed by atoms with Crippen LogP contribution >= 0.6 is 46.4 Å². The molecule has 1 aromatic rings. The SMILES string of the molecule is O=C(CCCCl)NC(=S)Nc1ccccc1I. The number of rotatable bonds is 4. The van der Waals surface area contributed by atoms with Crippen molar-refractivity contribution in [3.05, 3.63) is 27.8 Å². The number of halogens is 2. The van der Waals surface area contributed by atoms with Crippen molar-refractivity contribution in [2.24, 2.45) is 0 Å². The third-order valence-corrected chi connectivity index (χ3v) is 3.32. The van der Waals surface area contributed by atoms with E-state index in [1.54, 1.807) is 0 Å². The Bertz CT molecular complexity index is 414. The van der Waals surface area contributed by atoms with E-state index in [1.165, 1.54) is 0 Å². The molecule has 0 atom stereocenters. The first-order valence-electron chi connectivity index (χ1n) is 5.05. The number of benzene rings is 1. The highest BCUT2D eigenvalue weighted by molar-refractivity contribution is 14.1.